The average molecular weight is 371 g/mol. The summed E-state index contributed by atoms with van der Waals surface area (Å²) in [4.78, 5) is 0. The summed E-state index contributed by atoms with van der Waals surface area (Å²) in [6.07, 6.45) is -3.59. The summed E-state index contributed by atoms with van der Waals surface area (Å²) >= 11 is 0. The number of alkyl halides is 3. The maximum absolute atomic E-state index is 13.0. The van der Waals surface area contributed by atoms with Crippen LogP contribution in [-0.4, -0.2) is 0 Å². The zero-order valence-corrected chi connectivity index (χ0v) is 15.4. The largest absolute Gasteiger partial charge is 0.488 e. The van der Waals surface area contributed by atoms with Crippen LogP contribution < -0.4 is 4.74 Å². The minimum Gasteiger partial charge on any atom is -0.488 e. The van der Waals surface area contributed by atoms with E-state index >= 15 is 0 Å². The molecule has 0 N–H and O–H groups in total. The third kappa shape index (κ3) is 2.46. The first-order chi connectivity index (χ1) is 12.7. The van der Waals surface area contributed by atoms with Crippen LogP contribution in [0.2, 0.25) is 0 Å². The van der Waals surface area contributed by atoms with Gasteiger partial charge in [0.2, 0.25) is 0 Å². The average Bonchev–Trinajstić information content (AvgIpc) is 2.89. The summed E-state index contributed by atoms with van der Waals surface area (Å²) in [6, 6.07) is 10.3. The number of nitrogens with zero attached hydrogens (tertiary/aromatic N) is 1. The van der Waals surface area contributed by atoms with Crippen LogP contribution in [0, 0.1) is 23.2 Å². The highest BCUT2D eigenvalue weighted by molar-refractivity contribution is 5.77. The molecule has 2 aromatic carbocycles. The molecule has 1 aliphatic heterocycles. The van der Waals surface area contributed by atoms with E-state index in [-0.39, 0.29) is 18.4 Å². The number of fused-ring (bicyclic) bond motifs is 4. The van der Waals surface area contributed by atoms with Gasteiger partial charge in [0.05, 0.1) is 17.0 Å². The van der Waals surface area contributed by atoms with Gasteiger partial charge in [-0.25, -0.2) is 0 Å². The molecule has 0 saturated carbocycles. The third-order valence-corrected chi connectivity index (χ3v) is 6.16. The van der Waals surface area contributed by atoms with E-state index < -0.39 is 17.2 Å². The first kappa shape index (κ1) is 17.9. The van der Waals surface area contributed by atoms with Crippen molar-refractivity contribution < 1.29 is 17.9 Å². The molecule has 2 nitrogen and oxygen atoms in total. The molecule has 5 heteroatoms. The highest BCUT2D eigenvalue weighted by atomic mass is 19.4. The smallest absolute Gasteiger partial charge is 0.416 e. The Morgan fingerprint density at radius 3 is 2.52 bits per heavy atom. The summed E-state index contributed by atoms with van der Waals surface area (Å²) in [5.74, 6) is 0.978. The van der Waals surface area contributed by atoms with Crippen LogP contribution in [0.5, 0.6) is 5.75 Å². The van der Waals surface area contributed by atoms with Crippen molar-refractivity contribution in [3.63, 3.8) is 0 Å². The molecule has 2 aromatic rings. The van der Waals surface area contributed by atoms with Gasteiger partial charge < -0.3 is 4.74 Å². The number of nitriles is 1. The van der Waals surface area contributed by atoms with Gasteiger partial charge >= 0.3 is 6.18 Å². The van der Waals surface area contributed by atoms with Gasteiger partial charge in [-0.3, -0.25) is 0 Å². The van der Waals surface area contributed by atoms with Crippen molar-refractivity contribution in [2.24, 2.45) is 11.8 Å². The molecule has 0 bridgehead atoms. The van der Waals surface area contributed by atoms with Crippen LogP contribution in [0.3, 0.4) is 0 Å². The number of hydrogen-bond acceptors (Lipinski definition) is 2. The predicted octanol–water partition coefficient (Wildman–Crippen LogP) is 5.87. The molecular weight excluding hydrogens is 351 g/mol. The molecule has 0 radical (unpaired) electrons. The lowest BCUT2D eigenvalue weighted by Crippen LogP contribution is -2.34. The van der Waals surface area contributed by atoms with Crippen LogP contribution in [0.4, 0.5) is 13.2 Å². The molecule has 140 valence electrons. The maximum atomic E-state index is 13.0. The van der Waals surface area contributed by atoms with E-state index in [1.54, 1.807) is 0 Å². The van der Waals surface area contributed by atoms with E-state index in [0.29, 0.717) is 11.3 Å². The number of benzene rings is 2. The zero-order valence-electron chi connectivity index (χ0n) is 15.4. The van der Waals surface area contributed by atoms with Crippen molar-refractivity contribution in [3.8, 4) is 22.9 Å². The first-order valence-electron chi connectivity index (χ1n) is 9.10. The van der Waals surface area contributed by atoms with Crippen molar-refractivity contribution in [2.45, 2.75) is 45.4 Å². The molecule has 2 aliphatic rings. The Morgan fingerprint density at radius 2 is 1.89 bits per heavy atom. The molecule has 0 spiro atoms. The SMILES string of the molecule is CC(C)[C@]1(C#N)c2cc3c(cc2C[C@H]1C)-c1ccc(C(F)(F)F)cc1CO3. The first-order valence-corrected chi connectivity index (χ1v) is 9.10. The van der Waals surface area contributed by atoms with Gasteiger partial charge in [0.1, 0.15) is 12.4 Å². The lowest BCUT2D eigenvalue weighted by atomic mass is 9.68. The van der Waals surface area contributed by atoms with Crippen molar-refractivity contribution in [1.82, 2.24) is 0 Å². The molecule has 2 atom stereocenters. The second kappa shape index (κ2) is 5.76. The fourth-order valence-corrected chi connectivity index (χ4v) is 4.75. The van der Waals surface area contributed by atoms with Crippen LogP contribution in [0.25, 0.3) is 11.1 Å². The lowest BCUT2D eigenvalue weighted by Gasteiger charge is -2.32. The monoisotopic (exact) mass is 371 g/mol. The highest BCUT2D eigenvalue weighted by Crippen LogP contribution is 2.52. The van der Waals surface area contributed by atoms with Gasteiger partial charge in [-0.2, -0.15) is 18.4 Å². The lowest BCUT2D eigenvalue weighted by molar-refractivity contribution is -0.137. The van der Waals surface area contributed by atoms with E-state index in [1.807, 2.05) is 12.1 Å². The van der Waals surface area contributed by atoms with Crippen molar-refractivity contribution in [3.05, 3.63) is 52.6 Å². The number of hydrogen-bond donors (Lipinski definition) is 0. The molecule has 0 fully saturated rings. The van der Waals surface area contributed by atoms with E-state index in [0.717, 1.165) is 34.7 Å². The summed E-state index contributed by atoms with van der Waals surface area (Å²) in [5, 5.41) is 9.98. The molecule has 0 unspecified atom stereocenters. The molecule has 27 heavy (non-hydrogen) atoms. The second-order valence-electron chi connectivity index (χ2n) is 7.90. The fraction of sp³-hybridized carbons (Fsp3) is 0.409. The van der Waals surface area contributed by atoms with Crippen LogP contribution >= 0.6 is 0 Å². The van der Waals surface area contributed by atoms with Crippen molar-refractivity contribution >= 4 is 0 Å². The fourth-order valence-electron chi connectivity index (χ4n) is 4.75. The quantitative estimate of drug-likeness (QED) is 0.628. The van der Waals surface area contributed by atoms with Crippen molar-refractivity contribution in [1.29, 1.82) is 5.26 Å². The molecular formula is C22H20F3NO. The van der Waals surface area contributed by atoms with Crippen LogP contribution in [-0.2, 0) is 24.6 Å². The minimum absolute atomic E-state index is 0.0990. The number of rotatable bonds is 1. The van der Waals surface area contributed by atoms with E-state index in [1.165, 1.54) is 12.1 Å². The highest BCUT2D eigenvalue weighted by Gasteiger charge is 2.48. The second-order valence-corrected chi connectivity index (χ2v) is 7.90. The Hall–Kier alpha value is -2.48. The van der Waals surface area contributed by atoms with Gasteiger partial charge in [0.15, 0.2) is 0 Å². The standard InChI is InChI=1S/C22H20F3NO/c1-12(2)21(11-26)13(3)6-14-8-18-17-5-4-16(22(23,24)25)7-15(17)10-27-20(18)9-19(14)21/h4-5,7-9,12-13H,6,10H2,1-3H3/t13-,21+/m1/s1. The Bertz CT molecular complexity index is 971. The van der Waals surface area contributed by atoms with Gasteiger partial charge in [-0.05, 0) is 64.8 Å². The Balaban J connectivity index is 1.87. The van der Waals surface area contributed by atoms with E-state index in [2.05, 4.69) is 26.8 Å². The predicted molar refractivity (Wildman–Crippen MR) is 96.2 cm³/mol. The molecule has 4 rings (SSSR count). The van der Waals surface area contributed by atoms with E-state index in [9.17, 15) is 18.4 Å². The summed E-state index contributed by atoms with van der Waals surface area (Å²) < 4.78 is 44.8. The Kier molecular flexibility index (Phi) is 3.82. The van der Waals surface area contributed by atoms with Gasteiger partial charge in [-0.1, -0.05) is 26.8 Å². The summed E-state index contributed by atoms with van der Waals surface area (Å²) in [6.45, 7) is 6.31. The maximum Gasteiger partial charge on any atom is 0.416 e. The molecule has 1 aliphatic carbocycles. The van der Waals surface area contributed by atoms with Gasteiger partial charge in [-0.15, -0.1) is 0 Å². The molecule has 0 saturated heterocycles. The number of ether oxygens (including phenoxy) is 1. The van der Waals surface area contributed by atoms with Gasteiger partial charge in [0.25, 0.3) is 0 Å². The Labute approximate surface area is 156 Å². The van der Waals surface area contributed by atoms with Gasteiger partial charge in [0, 0.05) is 5.56 Å². The van der Waals surface area contributed by atoms with Crippen LogP contribution in [0.15, 0.2) is 30.3 Å². The summed E-state index contributed by atoms with van der Waals surface area (Å²) in [7, 11) is 0. The van der Waals surface area contributed by atoms with Crippen LogP contribution in [0.1, 0.15) is 43.0 Å². The summed E-state index contributed by atoms with van der Waals surface area (Å²) in [5.41, 5.74) is 3.00. The zero-order chi connectivity index (χ0) is 19.6. The molecule has 0 amide bonds. The van der Waals surface area contributed by atoms with Crippen molar-refractivity contribution in [2.75, 3.05) is 0 Å². The minimum atomic E-state index is -4.37. The normalized spacial score (nSPS) is 23.3. The molecule has 1 heterocycles. The Morgan fingerprint density at radius 1 is 1.15 bits per heavy atom. The topological polar surface area (TPSA) is 33.0 Å². The third-order valence-electron chi connectivity index (χ3n) is 6.16. The molecule has 0 aromatic heterocycles. The number of halogens is 3. The van der Waals surface area contributed by atoms with E-state index in [4.69, 9.17) is 4.74 Å².